The maximum atomic E-state index is 13.0. The average molecular weight is 460 g/mol. The van der Waals surface area contributed by atoms with E-state index in [1.807, 2.05) is 32.9 Å². The van der Waals surface area contributed by atoms with Crippen LogP contribution in [0.2, 0.25) is 0 Å². The van der Waals surface area contributed by atoms with Gasteiger partial charge < -0.3 is 14.8 Å². The Morgan fingerprint density at radius 1 is 0.824 bits per heavy atom. The van der Waals surface area contributed by atoms with Crippen molar-refractivity contribution in [3.63, 3.8) is 0 Å². The molecule has 0 fully saturated rings. The van der Waals surface area contributed by atoms with Gasteiger partial charge in [0.1, 0.15) is 5.75 Å². The van der Waals surface area contributed by atoms with E-state index in [2.05, 4.69) is 29.6 Å². The number of aryl methyl sites for hydroxylation is 1. The van der Waals surface area contributed by atoms with Gasteiger partial charge in [-0.15, -0.1) is 0 Å². The standard InChI is InChI=1S/C29H33NO4/c1-4-12-28(31)34-27-17-9-8-16-25(27)30-29(32)24-18-19-26(22(3)21(24)2)33-20-11-10-15-23-13-6-5-7-14-23/h5-9,13-14,16-19H,4,10-12,15,20H2,1-3H3,(H,30,32). The van der Waals surface area contributed by atoms with E-state index in [-0.39, 0.29) is 11.9 Å². The Morgan fingerprint density at radius 3 is 2.32 bits per heavy atom. The van der Waals surface area contributed by atoms with Crippen LogP contribution in [0.25, 0.3) is 0 Å². The Kier molecular flexibility index (Phi) is 9.27. The topological polar surface area (TPSA) is 64.6 Å². The van der Waals surface area contributed by atoms with Gasteiger partial charge in [0.05, 0.1) is 12.3 Å². The van der Waals surface area contributed by atoms with Crippen LogP contribution < -0.4 is 14.8 Å². The highest BCUT2D eigenvalue weighted by molar-refractivity contribution is 6.06. The minimum absolute atomic E-state index is 0.256. The van der Waals surface area contributed by atoms with E-state index < -0.39 is 0 Å². The van der Waals surface area contributed by atoms with Crippen molar-refractivity contribution in [2.45, 2.75) is 52.9 Å². The molecule has 3 aromatic rings. The Bertz CT molecular complexity index is 1110. The number of nitrogens with one attached hydrogen (secondary N) is 1. The molecule has 0 unspecified atom stereocenters. The van der Waals surface area contributed by atoms with Crippen molar-refractivity contribution < 1.29 is 19.1 Å². The smallest absolute Gasteiger partial charge is 0.311 e. The third-order valence-corrected chi connectivity index (χ3v) is 5.76. The molecule has 34 heavy (non-hydrogen) atoms. The molecule has 0 aromatic heterocycles. The number of esters is 1. The lowest BCUT2D eigenvalue weighted by atomic mass is 10.0. The van der Waals surface area contributed by atoms with Gasteiger partial charge >= 0.3 is 5.97 Å². The largest absolute Gasteiger partial charge is 0.493 e. The van der Waals surface area contributed by atoms with Gasteiger partial charge in [0, 0.05) is 12.0 Å². The highest BCUT2D eigenvalue weighted by Gasteiger charge is 2.16. The molecule has 0 aliphatic rings. The molecule has 0 bridgehead atoms. The number of unbranched alkanes of at least 4 members (excludes halogenated alkanes) is 1. The summed E-state index contributed by atoms with van der Waals surface area (Å²) in [5.41, 5.74) is 4.17. The normalized spacial score (nSPS) is 10.6. The third-order valence-electron chi connectivity index (χ3n) is 5.76. The van der Waals surface area contributed by atoms with Crippen molar-refractivity contribution in [2.24, 2.45) is 0 Å². The first-order valence-electron chi connectivity index (χ1n) is 11.9. The van der Waals surface area contributed by atoms with E-state index in [1.165, 1.54) is 5.56 Å². The lowest BCUT2D eigenvalue weighted by Crippen LogP contribution is -2.16. The number of para-hydroxylation sites is 2. The molecule has 178 valence electrons. The molecule has 5 nitrogen and oxygen atoms in total. The summed E-state index contributed by atoms with van der Waals surface area (Å²) in [4.78, 5) is 24.9. The maximum Gasteiger partial charge on any atom is 0.311 e. The van der Waals surface area contributed by atoms with Crippen LogP contribution in [0.1, 0.15) is 59.7 Å². The maximum absolute atomic E-state index is 13.0. The van der Waals surface area contributed by atoms with Crippen LogP contribution in [0, 0.1) is 13.8 Å². The molecule has 0 saturated heterocycles. The molecule has 1 N–H and O–H groups in total. The molecule has 0 atom stereocenters. The fraction of sp³-hybridized carbons (Fsp3) is 0.310. The monoisotopic (exact) mass is 459 g/mol. The molecule has 3 rings (SSSR count). The van der Waals surface area contributed by atoms with Crippen molar-refractivity contribution >= 4 is 17.6 Å². The molecule has 1 amide bonds. The summed E-state index contributed by atoms with van der Waals surface area (Å²) in [7, 11) is 0. The molecule has 0 spiro atoms. The van der Waals surface area contributed by atoms with E-state index in [0.29, 0.717) is 36.4 Å². The van der Waals surface area contributed by atoms with E-state index in [1.54, 1.807) is 30.3 Å². The lowest BCUT2D eigenvalue weighted by Gasteiger charge is -2.15. The molecular weight excluding hydrogens is 426 g/mol. The molecule has 0 saturated carbocycles. The fourth-order valence-electron chi connectivity index (χ4n) is 3.68. The Labute approximate surface area is 202 Å². The minimum Gasteiger partial charge on any atom is -0.493 e. The highest BCUT2D eigenvalue weighted by atomic mass is 16.5. The third kappa shape index (κ3) is 6.95. The molecule has 0 heterocycles. The van der Waals surface area contributed by atoms with E-state index in [9.17, 15) is 9.59 Å². The van der Waals surface area contributed by atoms with Crippen molar-refractivity contribution in [1.29, 1.82) is 0 Å². The van der Waals surface area contributed by atoms with Gasteiger partial charge in [-0.1, -0.05) is 49.4 Å². The van der Waals surface area contributed by atoms with Crippen LogP contribution in [0.5, 0.6) is 11.5 Å². The number of anilines is 1. The molecule has 0 aliphatic carbocycles. The first-order chi connectivity index (χ1) is 16.5. The minimum atomic E-state index is -0.318. The van der Waals surface area contributed by atoms with Crippen molar-refractivity contribution in [3.8, 4) is 11.5 Å². The number of hydrogen-bond acceptors (Lipinski definition) is 4. The number of rotatable bonds is 11. The van der Waals surface area contributed by atoms with Crippen molar-refractivity contribution in [1.82, 2.24) is 0 Å². The van der Waals surface area contributed by atoms with Gasteiger partial charge in [-0.2, -0.15) is 0 Å². The first kappa shape index (κ1) is 25.0. The second kappa shape index (κ2) is 12.6. The second-order valence-electron chi connectivity index (χ2n) is 8.33. The summed E-state index contributed by atoms with van der Waals surface area (Å²) in [5.74, 6) is 0.567. The number of ether oxygens (including phenoxy) is 2. The van der Waals surface area contributed by atoms with E-state index in [4.69, 9.17) is 9.47 Å². The zero-order valence-corrected chi connectivity index (χ0v) is 20.2. The Hall–Kier alpha value is -3.60. The van der Waals surface area contributed by atoms with Crippen LogP contribution in [0.4, 0.5) is 5.69 Å². The van der Waals surface area contributed by atoms with Crippen molar-refractivity contribution in [2.75, 3.05) is 11.9 Å². The number of benzene rings is 3. The molecule has 0 radical (unpaired) electrons. The summed E-state index contributed by atoms with van der Waals surface area (Å²) in [6, 6.07) is 21.0. The zero-order chi connectivity index (χ0) is 24.3. The molecule has 3 aromatic carbocycles. The van der Waals surface area contributed by atoms with Crippen LogP contribution in [0.15, 0.2) is 66.7 Å². The van der Waals surface area contributed by atoms with Crippen LogP contribution in [-0.2, 0) is 11.2 Å². The number of hydrogen-bond donors (Lipinski definition) is 1. The van der Waals surface area contributed by atoms with E-state index >= 15 is 0 Å². The second-order valence-corrected chi connectivity index (χ2v) is 8.33. The van der Waals surface area contributed by atoms with Gasteiger partial charge in [-0.3, -0.25) is 9.59 Å². The summed E-state index contributed by atoms with van der Waals surface area (Å²) in [6.07, 6.45) is 4.09. The quantitative estimate of drug-likeness (QED) is 0.198. The molecule has 0 aliphatic heterocycles. The van der Waals surface area contributed by atoms with Crippen molar-refractivity contribution in [3.05, 3.63) is 89.0 Å². The van der Waals surface area contributed by atoms with Gasteiger partial charge in [0.15, 0.2) is 5.75 Å². The van der Waals surface area contributed by atoms with Gasteiger partial charge in [0.2, 0.25) is 0 Å². The van der Waals surface area contributed by atoms with Crippen LogP contribution in [0.3, 0.4) is 0 Å². The summed E-state index contributed by atoms with van der Waals surface area (Å²) in [5, 5.41) is 2.88. The number of carbonyl (C=O) groups is 2. The fourth-order valence-corrected chi connectivity index (χ4v) is 3.68. The van der Waals surface area contributed by atoms with Gasteiger partial charge in [-0.05, 0) is 80.5 Å². The lowest BCUT2D eigenvalue weighted by molar-refractivity contribution is -0.134. The molecule has 5 heteroatoms. The Balaban J connectivity index is 1.59. The summed E-state index contributed by atoms with van der Waals surface area (Å²) >= 11 is 0. The first-order valence-corrected chi connectivity index (χ1v) is 11.9. The van der Waals surface area contributed by atoms with E-state index in [0.717, 1.165) is 36.1 Å². The van der Waals surface area contributed by atoms with Crippen LogP contribution in [-0.4, -0.2) is 18.5 Å². The summed E-state index contributed by atoms with van der Waals surface area (Å²) in [6.45, 7) is 6.43. The number of amides is 1. The van der Waals surface area contributed by atoms with Gasteiger partial charge in [-0.25, -0.2) is 0 Å². The van der Waals surface area contributed by atoms with Crippen LogP contribution >= 0.6 is 0 Å². The predicted molar refractivity (Wildman–Crippen MR) is 136 cm³/mol. The number of carbonyl (C=O) groups excluding carboxylic acids is 2. The average Bonchev–Trinajstić information content (AvgIpc) is 2.83. The summed E-state index contributed by atoms with van der Waals surface area (Å²) < 4.78 is 11.4. The zero-order valence-electron chi connectivity index (χ0n) is 20.2. The highest BCUT2D eigenvalue weighted by Crippen LogP contribution is 2.28. The predicted octanol–water partition coefficient (Wildman–Crippen LogP) is 6.66. The SMILES string of the molecule is CCCC(=O)Oc1ccccc1NC(=O)c1ccc(OCCCCc2ccccc2)c(C)c1C. The van der Waals surface area contributed by atoms with Gasteiger partial charge in [0.25, 0.3) is 5.91 Å². The molecular formula is C29H33NO4. The Morgan fingerprint density at radius 2 is 1.56 bits per heavy atom.